The smallest absolute Gasteiger partial charge is 0.388 e. The molecule has 0 aliphatic heterocycles. The molecule has 2 rings (SSSR count). The Kier molecular flexibility index (Phi) is 10.6. The Balaban J connectivity index is 0.00000249. The molecule has 0 aliphatic carbocycles. The Hall–Kier alpha value is -3.71. The SMILES string of the molecule is C=C(/C=C\C(=O)NC)Cn1cnc(OC(F)F)c(Oc2cc(Cl)cc(C#N)c2)c1=O.CC. The molecule has 0 atom stereocenters. The molecule has 0 saturated carbocycles. The third-order valence-corrected chi connectivity index (χ3v) is 3.69. The van der Waals surface area contributed by atoms with Gasteiger partial charge < -0.3 is 14.8 Å². The lowest BCUT2D eigenvalue weighted by atomic mass is 10.2. The van der Waals surface area contributed by atoms with Crippen molar-refractivity contribution in [1.82, 2.24) is 14.9 Å². The number of nitrogens with zero attached hydrogens (tertiary/aromatic N) is 3. The van der Waals surface area contributed by atoms with Gasteiger partial charge in [-0.05, 0) is 23.8 Å². The second-order valence-corrected chi connectivity index (χ2v) is 6.12. The molecule has 0 bridgehead atoms. The van der Waals surface area contributed by atoms with Crippen LogP contribution in [0.15, 0.2) is 53.6 Å². The minimum Gasteiger partial charge on any atom is -0.446 e. The van der Waals surface area contributed by atoms with Crippen LogP contribution < -0.4 is 20.3 Å². The van der Waals surface area contributed by atoms with E-state index in [1.165, 1.54) is 37.4 Å². The number of halogens is 3. The van der Waals surface area contributed by atoms with Crippen LogP contribution in [0.2, 0.25) is 5.02 Å². The van der Waals surface area contributed by atoms with Gasteiger partial charge in [0, 0.05) is 18.1 Å². The second kappa shape index (κ2) is 12.9. The third kappa shape index (κ3) is 7.85. The number of ether oxygens (including phenoxy) is 2. The number of amides is 1. The maximum Gasteiger partial charge on any atom is 0.388 e. The Morgan fingerprint density at radius 1 is 1.38 bits per heavy atom. The first kappa shape index (κ1) is 26.3. The molecule has 2 aromatic rings. The average Bonchev–Trinajstić information content (AvgIpc) is 2.77. The van der Waals surface area contributed by atoms with E-state index in [1.807, 2.05) is 19.9 Å². The highest BCUT2D eigenvalue weighted by atomic mass is 35.5. The number of rotatable bonds is 8. The van der Waals surface area contributed by atoms with Gasteiger partial charge in [-0.15, -0.1) is 0 Å². The predicted molar refractivity (Wildman–Crippen MR) is 115 cm³/mol. The van der Waals surface area contributed by atoms with Crippen molar-refractivity contribution in [3.8, 4) is 23.4 Å². The lowest BCUT2D eigenvalue weighted by Gasteiger charge is -2.13. The molecule has 1 aromatic heterocycles. The largest absolute Gasteiger partial charge is 0.446 e. The van der Waals surface area contributed by atoms with Crippen LogP contribution in [-0.4, -0.2) is 29.1 Å². The van der Waals surface area contributed by atoms with Gasteiger partial charge in [0.2, 0.25) is 5.91 Å². The minimum atomic E-state index is -3.26. The summed E-state index contributed by atoms with van der Waals surface area (Å²) in [5.74, 6) is -1.79. The van der Waals surface area contributed by atoms with E-state index in [0.29, 0.717) is 5.57 Å². The van der Waals surface area contributed by atoms with Crippen LogP contribution in [0.3, 0.4) is 0 Å². The molecule has 0 radical (unpaired) electrons. The van der Waals surface area contributed by atoms with Crippen molar-refractivity contribution < 1.29 is 23.0 Å². The molecule has 1 aromatic carbocycles. The van der Waals surface area contributed by atoms with Crippen molar-refractivity contribution in [3.05, 3.63) is 69.8 Å². The van der Waals surface area contributed by atoms with E-state index < -0.39 is 23.8 Å². The molecule has 0 spiro atoms. The first-order valence-corrected chi connectivity index (χ1v) is 9.61. The van der Waals surface area contributed by atoms with Crippen LogP contribution in [0, 0.1) is 11.3 Å². The number of likely N-dealkylation sites (N-methyl/N-ethyl adjacent to an activating group) is 1. The summed E-state index contributed by atoms with van der Waals surface area (Å²) < 4.78 is 36.1. The molecule has 170 valence electrons. The number of hydrogen-bond donors (Lipinski definition) is 1. The van der Waals surface area contributed by atoms with Crippen molar-refractivity contribution >= 4 is 17.5 Å². The van der Waals surface area contributed by atoms with E-state index in [-0.39, 0.29) is 28.8 Å². The Bertz CT molecular complexity index is 1090. The number of carbonyl (C=O) groups is 1. The standard InChI is InChI=1S/C19H15ClF2N4O4.C2H6/c1-11(3-4-15(27)24-2)9-26-10-25-17(30-19(21)22)16(18(26)28)29-14-6-12(8-23)5-13(20)7-14;1-2/h3-7,10,19H,1,9H2,2H3,(H,24,27);1-2H3/b4-3-;. The molecule has 8 nitrogen and oxygen atoms in total. The van der Waals surface area contributed by atoms with Gasteiger partial charge in [0.05, 0.1) is 18.2 Å². The van der Waals surface area contributed by atoms with Gasteiger partial charge in [0.15, 0.2) is 0 Å². The van der Waals surface area contributed by atoms with E-state index in [4.69, 9.17) is 21.6 Å². The molecule has 0 fully saturated rings. The van der Waals surface area contributed by atoms with Crippen LogP contribution in [0.4, 0.5) is 8.78 Å². The summed E-state index contributed by atoms with van der Waals surface area (Å²) in [7, 11) is 1.45. The van der Waals surface area contributed by atoms with Gasteiger partial charge in [-0.1, -0.05) is 38.1 Å². The number of aromatic nitrogens is 2. The predicted octanol–water partition coefficient (Wildman–Crippen LogP) is 4.05. The van der Waals surface area contributed by atoms with Crippen molar-refractivity contribution in [1.29, 1.82) is 5.26 Å². The number of hydrogen-bond acceptors (Lipinski definition) is 6. The van der Waals surface area contributed by atoms with Gasteiger partial charge in [-0.25, -0.2) is 0 Å². The highest BCUT2D eigenvalue weighted by molar-refractivity contribution is 6.30. The zero-order valence-corrected chi connectivity index (χ0v) is 18.3. The van der Waals surface area contributed by atoms with Crippen molar-refractivity contribution in [3.63, 3.8) is 0 Å². The van der Waals surface area contributed by atoms with Gasteiger partial charge in [0.25, 0.3) is 11.6 Å². The van der Waals surface area contributed by atoms with E-state index in [0.717, 1.165) is 10.9 Å². The first-order valence-electron chi connectivity index (χ1n) is 9.24. The summed E-state index contributed by atoms with van der Waals surface area (Å²) in [4.78, 5) is 27.7. The van der Waals surface area contributed by atoms with Crippen LogP contribution in [0.5, 0.6) is 17.4 Å². The zero-order valence-electron chi connectivity index (χ0n) is 17.6. The van der Waals surface area contributed by atoms with Crippen molar-refractivity contribution in [2.24, 2.45) is 0 Å². The summed E-state index contributed by atoms with van der Waals surface area (Å²) in [5.41, 5.74) is -0.370. The fraction of sp³-hybridized carbons (Fsp3) is 0.238. The number of benzene rings is 1. The topological polar surface area (TPSA) is 106 Å². The molecule has 32 heavy (non-hydrogen) atoms. The Labute approximate surface area is 188 Å². The maximum absolute atomic E-state index is 12.8. The molecule has 11 heteroatoms. The molecule has 0 unspecified atom stereocenters. The Morgan fingerprint density at radius 3 is 2.66 bits per heavy atom. The summed E-state index contributed by atoms with van der Waals surface area (Å²) >= 11 is 5.90. The van der Waals surface area contributed by atoms with Gasteiger partial charge in [-0.2, -0.15) is 19.0 Å². The van der Waals surface area contributed by atoms with Gasteiger partial charge in [0.1, 0.15) is 12.1 Å². The molecular formula is C21H21ClF2N4O4. The monoisotopic (exact) mass is 466 g/mol. The molecule has 1 amide bonds. The number of nitriles is 1. The highest BCUT2D eigenvalue weighted by Gasteiger charge is 2.20. The van der Waals surface area contributed by atoms with Gasteiger partial charge >= 0.3 is 12.2 Å². The van der Waals surface area contributed by atoms with E-state index >= 15 is 0 Å². The van der Waals surface area contributed by atoms with Crippen molar-refractivity contribution in [2.75, 3.05) is 7.05 Å². The van der Waals surface area contributed by atoms with Crippen LogP contribution in [0.25, 0.3) is 0 Å². The molecule has 1 heterocycles. The molecule has 0 saturated heterocycles. The fourth-order valence-electron chi connectivity index (χ4n) is 2.18. The molecule has 0 aliphatic rings. The highest BCUT2D eigenvalue weighted by Crippen LogP contribution is 2.29. The van der Waals surface area contributed by atoms with Crippen LogP contribution >= 0.6 is 11.6 Å². The number of carbonyl (C=O) groups excluding carboxylic acids is 1. The molecule has 1 N–H and O–H groups in total. The lowest BCUT2D eigenvalue weighted by molar-refractivity contribution is -0.116. The first-order chi connectivity index (χ1) is 15.2. The van der Waals surface area contributed by atoms with E-state index in [1.54, 1.807) is 0 Å². The van der Waals surface area contributed by atoms with E-state index in [9.17, 15) is 18.4 Å². The number of nitrogens with one attached hydrogen (secondary N) is 1. The third-order valence-electron chi connectivity index (χ3n) is 3.47. The van der Waals surface area contributed by atoms with Crippen molar-refractivity contribution in [2.45, 2.75) is 27.0 Å². The number of alkyl halides is 2. The number of allylic oxidation sites excluding steroid dienone is 2. The normalized spacial score (nSPS) is 10.2. The summed E-state index contributed by atoms with van der Waals surface area (Å²) in [6.45, 7) is 4.35. The quantitative estimate of drug-likeness (QED) is 0.464. The summed E-state index contributed by atoms with van der Waals surface area (Å²) in [6.07, 6.45) is 3.57. The maximum atomic E-state index is 12.8. The Morgan fingerprint density at radius 2 is 2.06 bits per heavy atom. The lowest BCUT2D eigenvalue weighted by Crippen LogP contribution is -2.24. The van der Waals surface area contributed by atoms with E-state index in [2.05, 4.69) is 21.6 Å². The second-order valence-electron chi connectivity index (χ2n) is 5.69. The zero-order chi connectivity index (χ0) is 24.3. The van der Waals surface area contributed by atoms with Gasteiger partial charge in [-0.3, -0.25) is 14.2 Å². The fourth-order valence-corrected chi connectivity index (χ4v) is 2.40. The summed E-state index contributed by atoms with van der Waals surface area (Å²) in [5, 5.41) is 11.5. The average molecular weight is 467 g/mol. The minimum absolute atomic E-state index is 0.0480. The molecular weight excluding hydrogens is 446 g/mol. The summed E-state index contributed by atoms with van der Waals surface area (Å²) in [6, 6.07) is 5.76. The van der Waals surface area contributed by atoms with Crippen LogP contribution in [-0.2, 0) is 11.3 Å². The van der Waals surface area contributed by atoms with Crippen LogP contribution in [0.1, 0.15) is 19.4 Å².